The van der Waals surface area contributed by atoms with Crippen LogP contribution in [0.2, 0.25) is 5.02 Å². The van der Waals surface area contributed by atoms with Gasteiger partial charge in [0.1, 0.15) is 23.0 Å². The number of aryl methyl sites for hydroxylation is 2. The number of halogens is 1. The molecule has 160 valence electrons. The summed E-state index contributed by atoms with van der Waals surface area (Å²) in [7, 11) is -1.19. The van der Waals surface area contributed by atoms with E-state index in [1.807, 2.05) is 23.1 Å². The van der Waals surface area contributed by atoms with Gasteiger partial charge in [0.25, 0.3) is 0 Å². The van der Waals surface area contributed by atoms with Crippen molar-refractivity contribution in [2.24, 2.45) is 0 Å². The van der Waals surface area contributed by atoms with Crippen LogP contribution in [0, 0.1) is 6.92 Å². The summed E-state index contributed by atoms with van der Waals surface area (Å²) >= 11 is 6.30. The first-order chi connectivity index (χ1) is 14.3. The van der Waals surface area contributed by atoms with Crippen LogP contribution in [-0.4, -0.2) is 83.0 Å². The number of nitrogens with zero attached hydrogens (tertiary/aromatic N) is 5. The molecule has 0 radical (unpaired) electrons. The maximum Gasteiger partial charge on any atom is 0.181 e. The van der Waals surface area contributed by atoms with Crippen molar-refractivity contribution in [3.8, 4) is 11.4 Å². The number of hydrogen-bond acceptors (Lipinski definition) is 7. The predicted octanol–water partition coefficient (Wildman–Crippen LogP) is 2.14. The number of aromatic amines is 1. The standard InChI is InChI=1S/C20H25ClN6O2S/c1-14-22-17(7-12-30(28,29)13-27-10-8-26(2)9-11-27)18-20(23-14)25-19(24-18)15-5-3-4-6-16(15)21/h3-6H,7-13H2,1-2H3,(H,22,23,24,25). The molecule has 8 nitrogen and oxygen atoms in total. The van der Waals surface area contributed by atoms with E-state index in [1.165, 1.54) is 0 Å². The third-order valence-electron chi connectivity index (χ3n) is 5.29. The molecule has 0 amide bonds. The summed E-state index contributed by atoms with van der Waals surface area (Å²) < 4.78 is 25.4. The Labute approximate surface area is 181 Å². The molecule has 1 saturated heterocycles. The number of fused-ring (bicyclic) bond motifs is 1. The van der Waals surface area contributed by atoms with E-state index in [9.17, 15) is 8.42 Å². The number of benzene rings is 1. The largest absolute Gasteiger partial charge is 0.335 e. The summed E-state index contributed by atoms with van der Waals surface area (Å²) in [5.41, 5.74) is 2.60. The van der Waals surface area contributed by atoms with Gasteiger partial charge in [-0.3, -0.25) is 4.90 Å². The van der Waals surface area contributed by atoms with Crippen LogP contribution < -0.4 is 0 Å². The second kappa shape index (κ2) is 8.58. The number of sulfone groups is 1. The molecule has 4 rings (SSSR count). The number of H-pyrrole nitrogens is 1. The highest BCUT2D eigenvalue weighted by molar-refractivity contribution is 7.91. The van der Waals surface area contributed by atoms with Crippen LogP contribution in [0.5, 0.6) is 0 Å². The van der Waals surface area contributed by atoms with Crippen molar-refractivity contribution in [1.29, 1.82) is 0 Å². The fourth-order valence-corrected chi connectivity index (χ4v) is 5.28. The molecule has 1 fully saturated rings. The van der Waals surface area contributed by atoms with E-state index in [-0.39, 0.29) is 11.6 Å². The highest BCUT2D eigenvalue weighted by Crippen LogP contribution is 2.27. The molecule has 0 atom stereocenters. The van der Waals surface area contributed by atoms with E-state index in [4.69, 9.17) is 11.6 Å². The summed E-state index contributed by atoms with van der Waals surface area (Å²) in [4.78, 5) is 20.9. The number of rotatable bonds is 6. The van der Waals surface area contributed by atoms with E-state index in [1.54, 1.807) is 13.0 Å². The lowest BCUT2D eigenvalue weighted by atomic mass is 10.2. The van der Waals surface area contributed by atoms with E-state index in [0.29, 0.717) is 40.0 Å². The van der Waals surface area contributed by atoms with Gasteiger partial charge in [-0.15, -0.1) is 0 Å². The Morgan fingerprint density at radius 3 is 2.57 bits per heavy atom. The van der Waals surface area contributed by atoms with E-state index >= 15 is 0 Å². The summed E-state index contributed by atoms with van der Waals surface area (Å²) in [6.07, 6.45) is 0.306. The first-order valence-electron chi connectivity index (χ1n) is 9.90. The van der Waals surface area contributed by atoms with Crippen LogP contribution in [0.4, 0.5) is 0 Å². The fourth-order valence-electron chi connectivity index (χ4n) is 3.61. The Morgan fingerprint density at radius 1 is 1.10 bits per heavy atom. The third-order valence-corrected chi connectivity index (χ3v) is 7.21. The molecule has 1 N–H and O–H groups in total. The Kier molecular flexibility index (Phi) is 6.06. The maximum absolute atomic E-state index is 12.7. The zero-order chi connectivity index (χ0) is 21.3. The van der Waals surface area contributed by atoms with Gasteiger partial charge in [-0.05, 0) is 26.1 Å². The lowest BCUT2D eigenvalue weighted by molar-refractivity contribution is 0.172. The molecule has 30 heavy (non-hydrogen) atoms. The monoisotopic (exact) mass is 448 g/mol. The van der Waals surface area contributed by atoms with Gasteiger partial charge >= 0.3 is 0 Å². The summed E-state index contributed by atoms with van der Waals surface area (Å²) in [6.45, 7) is 5.11. The Bertz CT molecular complexity index is 1160. The molecular formula is C20H25ClN6O2S. The van der Waals surface area contributed by atoms with Crippen molar-refractivity contribution < 1.29 is 8.42 Å². The van der Waals surface area contributed by atoms with Crippen LogP contribution in [0.1, 0.15) is 11.5 Å². The molecule has 0 spiro atoms. The van der Waals surface area contributed by atoms with E-state index < -0.39 is 9.84 Å². The lowest BCUT2D eigenvalue weighted by Gasteiger charge is -2.31. The van der Waals surface area contributed by atoms with Crippen molar-refractivity contribution >= 4 is 32.6 Å². The molecule has 0 bridgehead atoms. The second-order valence-corrected chi connectivity index (χ2v) is 10.3. The van der Waals surface area contributed by atoms with Crippen LogP contribution in [0.25, 0.3) is 22.6 Å². The highest BCUT2D eigenvalue weighted by Gasteiger charge is 2.22. The second-order valence-electron chi connectivity index (χ2n) is 7.73. The van der Waals surface area contributed by atoms with Gasteiger partial charge in [0.15, 0.2) is 15.5 Å². The van der Waals surface area contributed by atoms with Crippen LogP contribution in [0.15, 0.2) is 24.3 Å². The van der Waals surface area contributed by atoms with Crippen LogP contribution in [0.3, 0.4) is 0 Å². The van der Waals surface area contributed by atoms with E-state index in [0.717, 1.165) is 31.7 Å². The molecule has 0 unspecified atom stereocenters. The normalized spacial score (nSPS) is 16.4. The molecule has 1 aliphatic rings. The quantitative estimate of drug-likeness (QED) is 0.617. The smallest absolute Gasteiger partial charge is 0.181 e. The van der Waals surface area contributed by atoms with E-state index in [2.05, 4.69) is 31.9 Å². The lowest BCUT2D eigenvalue weighted by Crippen LogP contribution is -2.46. The van der Waals surface area contributed by atoms with Gasteiger partial charge in [0.05, 0.1) is 16.5 Å². The fraction of sp³-hybridized carbons (Fsp3) is 0.450. The zero-order valence-electron chi connectivity index (χ0n) is 17.1. The van der Waals surface area contributed by atoms with Gasteiger partial charge in [0.2, 0.25) is 0 Å². The molecule has 2 aromatic heterocycles. The Hall–Kier alpha value is -2.07. The zero-order valence-corrected chi connectivity index (χ0v) is 18.7. The van der Waals surface area contributed by atoms with Gasteiger partial charge < -0.3 is 9.88 Å². The van der Waals surface area contributed by atoms with Crippen LogP contribution >= 0.6 is 11.6 Å². The highest BCUT2D eigenvalue weighted by atomic mass is 35.5. The van der Waals surface area contributed by atoms with Crippen molar-refractivity contribution in [3.05, 3.63) is 40.8 Å². The number of likely N-dealkylation sites (N-methyl/N-ethyl adjacent to an activating group) is 1. The minimum atomic E-state index is -3.24. The van der Waals surface area contributed by atoms with Crippen molar-refractivity contribution in [1.82, 2.24) is 29.7 Å². The molecule has 1 aliphatic heterocycles. The molecular weight excluding hydrogens is 424 g/mol. The Morgan fingerprint density at radius 2 is 1.83 bits per heavy atom. The van der Waals surface area contributed by atoms with Crippen molar-refractivity contribution in [2.75, 3.05) is 44.9 Å². The summed E-state index contributed by atoms with van der Waals surface area (Å²) in [5.74, 6) is 1.27. The summed E-state index contributed by atoms with van der Waals surface area (Å²) in [5, 5.41) is 0.581. The minimum Gasteiger partial charge on any atom is -0.335 e. The van der Waals surface area contributed by atoms with Gasteiger partial charge in [-0.2, -0.15) is 0 Å². The first kappa shape index (κ1) is 21.2. The molecule has 0 aliphatic carbocycles. The minimum absolute atomic E-state index is 0.0331. The average Bonchev–Trinajstić information content (AvgIpc) is 3.12. The predicted molar refractivity (Wildman–Crippen MR) is 118 cm³/mol. The summed E-state index contributed by atoms with van der Waals surface area (Å²) in [6, 6.07) is 7.42. The number of hydrogen-bond donors (Lipinski definition) is 1. The average molecular weight is 449 g/mol. The molecule has 3 aromatic rings. The van der Waals surface area contributed by atoms with Crippen LogP contribution in [-0.2, 0) is 16.3 Å². The van der Waals surface area contributed by atoms with Crippen molar-refractivity contribution in [2.45, 2.75) is 13.3 Å². The SMILES string of the molecule is Cc1nc(CCS(=O)(=O)CN2CCN(C)CC2)c2[nH]c(-c3ccccc3Cl)nc2n1. The van der Waals surface area contributed by atoms with Gasteiger partial charge in [-0.25, -0.2) is 23.4 Å². The van der Waals surface area contributed by atoms with Crippen molar-refractivity contribution in [3.63, 3.8) is 0 Å². The molecule has 1 aromatic carbocycles. The molecule has 10 heteroatoms. The van der Waals surface area contributed by atoms with Gasteiger partial charge in [0, 0.05) is 38.2 Å². The number of aromatic nitrogens is 4. The first-order valence-corrected chi connectivity index (χ1v) is 12.1. The van der Waals surface area contributed by atoms with Gasteiger partial charge in [-0.1, -0.05) is 23.7 Å². The maximum atomic E-state index is 12.7. The topological polar surface area (TPSA) is 95.1 Å². The number of imidazole rings is 1. The number of piperazine rings is 1. The number of nitrogens with one attached hydrogen (secondary N) is 1. The molecule has 0 saturated carbocycles. The molecule has 3 heterocycles. The third kappa shape index (κ3) is 4.80. The Balaban J connectivity index is 1.54.